The van der Waals surface area contributed by atoms with Crippen molar-refractivity contribution in [3.63, 3.8) is 0 Å². The van der Waals surface area contributed by atoms with Gasteiger partial charge in [0.15, 0.2) is 15.6 Å². The first-order valence-corrected chi connectivity index (χ1v) is 11.1. The second-order valence-electron chi connectivity index (χ2n) is 7.03. The molecule has 1 rings (SSSR count). The maximum absolute atomic E-state index is 12.2. The van der Waals surface area contributed by atoms with Crippen LogP contribution in [0.3, 0.4) is 0 Å². The fourth-order valence-corrected chi connectivity index (χ4v) is 5.09. The Bertz CT molecular complexity index is 494. The van der Waals surface area contributed by atoms with E-state index in [4.69, 9.17) is 10.2 Å². The number of nitrogens with two attached hydrogens (primary N) is 1. The molecule has 0 aromatic heterocycles. The van der Waals surface area contributed by atoms with Crippen LogP contribution in [-0.2, 0) is 18.8 Å². The molecule has 0 aromatic carbocycles. The van der Waals surface area contributed by atoms with Gasteiger partial charge < -0.3 is 20.2 Å². The monoisotopic (exact) mass is 362 g/mol. The number of ether oxygens (including phenoxy) is 1. The van der Waals surface area contributed by atoms with Crippen molar-refractivity contribution in [3.8, 4) is 0 Å². The van der Waals surface area contributed by atoms with Crippen LogP contribution in [0, 0.1) is 11.3 Å². The average molecular weight is 363 g/mol. The normalized spacial score (nSPS) is 23.7. The summed E-state index contributed by atoms with van der Waals surface area (Å²) < 4.78 is 10.7. The molecular formula is C14H26N2O5SSi. The van der Waals surface area contributed by atoms with Crippen molar-refractivity contribution in [2.75, 3.05) is 6.61 Å². The number of carbonyl (C=O) groups is 3. The Morgan fingerprint density at radius 1 is 1.30 bits per heavy atom. The van der Waals surface area contributed by atoms with E-state index in [0.29, 0.717) is 0 Å². The maximum Gasteiger partial charge on any atom is 0.404 e. The van der Waals surface area contributed by atoms with Crippen molar-refractivity contribution in [1.29, 1.82) is 0 Å². The molecule has 9 heteroatoms. The van der Waals surface area contributed by atoms with Crippen LogP contribution in [0.15, 0.2) is 0 Å². The van der Waals surface area contributed by atoms with Gasteiger partial charge in [0, 0.05) is 0 Å². The zero-order chi connectivity index (χ0) is 18.0. The molecule has 1 heterocycles. The number of amides is 2. The van der Waals surface area contributed by atoms with E-state index in [9.17, 15) is 14.4 Å². The van der Waals surface area contributed by atoms with Crippen LogP contribution in [0.2, 0.25) is 13.1 Å². The topological polar surface area (TPSA) is 108 Å². The fourth-order valence-electron chi connectivity index (χ4n) is 2.50. The molecule has 1 aliphatic rings. The van der Waals surface area contributed by atoms with E-state index in [1.54, 1.807) is 0 Å². The van der Waals surface area contributed by atoms with E-state index >= 15 is 0 Å². The van der Waals surface area contributed by atoms with Crippen molar-refractivity contribution >= 4 is 37.9 Å². The molecule has 0 aromatic rings. The van der Waals surface area contributed by atoms with Crippen molar-refractivity contribution in [1.82, 2.24) is 5.32 Å². The van der Waals surface area contributed by atoms with E-state index in [2.05, 4.69) is 23.1 Å². The molecule has 1 saturated heterocycles. The minimum atomic E-state index is -1.41. The quantitative estimate of drug-likeness (QED) is 0.543. The van der Waals surface area contributed by atoms with Crippen LogP contribution in [-0.4, -0.2) is 43.7 Å². The third kappa shape index (κ3) is 4.71. The van der Waals surface area contributed by atoms with Gasteiger partial charge >= 0.3 is 6.09 Å². The van der Waals surface area contributed by atoms with Crippen molar-refractivity contribution in [2.24, 2.45) is 17.1 Å². The molecule has 132 valence electrons. The number of hydrogen-bond acceptors (Lipinski definition) is 6. The summed E-state index contributed by atoms with van der Waals surface area (Å²) in [5.74, 6) is -0.571. The summed E-state index contributed by atoms with van der Waals surface area (Å²) in [5, 5.41) is 1.97. The van der Waals surface area contributed by atoms with Crippen molar-refractivity contribution < 1.29 is 23.5 Å². The molecule has 23 heavy (non-hydrogen) atoms. The Hall–Kier alpha value is -1.06. The standard InChI is InChI=1S/C14H26N2O5SSi/c1-13(2,3)14(4,21-23(5)6)9-10(18)16-11(9)22-8(17)7-20-12(15)19/h9,11,23H,7H2,1-6H3,(H2,15,19)(H,16,18)/t9?,11?,14-/m0/s1. The average Bonchev–Trinajstić information content (AvgIpc) is 2.32. The summed E-state index contributed by atoms with van der Waals surface area (Å²) in [6, 6.07) is 0. The van der Waals surface area contributed by atoms with Gasteiger partial charge in [0.05, 0.1) is 16.9 Å². The molecule has 7 nitrogen and oxygen atoms in total. The van der Waals surface area contributed by atoms with Crippen LogP contribution >= 0.6 is 11.8 Å². The molecule has 2 amide bonds. The van der Waals surface area contributed by atoms with Crippen LogP contribution < -0.4 is 11.1 Å². The highest BCUT2D eigenvalue weighted by molar-refractivity contribution is 8.14. The third-order valence-electron chi connectivity index (χ3n) is 4.02. The van der Waals surface area contributed by atoms with E-state index in [1.807, 2.05) is 27.7 Å². The summed E-state index contributed by atoms with van der Waals surface area (Å²) in [6.07, 6.45) is -0.998. The Kier molecular flexibility index (Phi) is 6.28. The van der Waals surface area contributed by atoms with Gasteiger partial charge in [0.1, 0.15) is 0 Å². The van der Waals surface area contributed by atoms with E-state index in [1.165, 1.54) is 0 Å². The smallest absolute Gasteiger partial charge is 0.404 e. The lowest BCUT2D eigenvalue weighted by Gasteiger charge is -2.54. The predicted molar refractivity (Wildman–Crippen MR) is 91.4 cm³/mol. The van der Waals surface area contributed by atoms with Gasteiger partial charge in [0.2, 0.25) is 11.0 Å². The molecule has 0 saturated carbocycles. The largest absolute Gasteiger partial charge is 0.441 e. The van der Waals surface area contributed by atoms with Gasteiger partial charge in [-0.15, -0.1) is 0 Å². The van der Waals surface area contributed by atoms with E-state index < -0.39 is 38.6 Å². The van der Waals surface area contributed by atoms with Gasteiger partial charge in [-0.3, -0.25) is 9.59 Å². The first-order chi connectivity index (χ1) is 10.4. The van der Waals surface area contributed by atoms with E-state index in [-0.39, 0.29) is 16.4 Å². The summed E-state index contributed by atoms with van der Waals surface area (Å²) in [4.78, 5) is 34.6. The summed E-state index contributed by atoms with van der Waals surface area (Å²) in [7, 11) is -1.41. The van der Waals surface area contributed by atoms with Gasteiger partial charge in [-0.2, -0.15) is 0 Å². The molecule has 0 radical (unpaired) electrons. The molecule has 1 aliphatic heterocycles. The summed E-state index contributed by atoms with van der Waals surface area (Å²) >= 11 is 0.942. The number of primary amides is 1. The zero-order valence-electron chi connectivity index (χ0n) is 14.5. The Labute approximate surface area is 142 Å². The Balaban J connectivity index is 2.87. The Morgan fingerprint density at radius 3 is 2.26 bits per heavy atom. The minimum Gasteiger partial charge on any atom is -0.441 e. The highest BCUT2D eigenvalue weighted by atomic mass is 32.2. The Morgan fingerprint density at radius 2 is 1.87 bits per heavy atom. The zero-order valence-corrected chi connectivity index (χ0v) is 16.4. The molecule has 1 fully saturated rings. The van der Waals surface area contributed by atoms with Gasteiger partial charge in [-0.25, -0.2) is 4.79 Å². The number of rotatable bonds is 6. The number of nitrogens with one attached hydrogen (secondary N) is 1. The fraction of sp³-hybridized carbons (Fsp3) is 0.786. The first-order valence-electron chi connectivity index (χ1n) is 7.48. The molecule has 0 bridgehead atoms. The van der Waals surface area contributed by atoms with E-state index in [0.717, 1.165) is 11.8 Å². The number of thioether (sulfide) groups is 1. The molecule has 3 atom stereocenters. The SMILES string of the molecule is C[SiH](C)O[C@@](C)(C1C(=O)NC1SC(=O)COC(N)=O)C(C)(C)C. The lowest BCUT2D eigenvalue weighted by atomic mass is 9.67. The van der Waals surface area contributed by atoms with Crippen LogP contribution in [0.1, 0.15) is 27.7 Å². The lowest BCUT2D eigenvalue weighted by Crippen LogP contribution is -2.69. The molecule has 2 unspecified atom stereocenters. The first kappa shape index (κ1) is 20.0. The summed E-state index contributed by atoms with van der Waals surface area (Å²) in [5.41, 5.74) is 3.88. The summed E-state index contributed by atoms with van der Waals surface area (Å²) in [6.45, 7) is 11.7. The second-order valence-corrected chi connectivity index (χ2v) is 10.6. The number of hydrogen-bond donors (Lipinski definition) is 2. The van der Waals surface area contributed by atoms with Gasteiger partial charge in [0.25, 0.3) is 0 Å². The van der Waals surface area contributed by atoms with Gasteiger partial charge in [-0.1, -0.05) is 32.5 Å². The van der Waals surface area contributed by atoms with Crippen LogP contribution in [0.25, 0.3) is 0 Å². The van der Waals surface area contributed by atoms with Crippen molar-refractivity contribution in [2.45, 2.75) is 51.8 Å². The van der Waals surface area contributed by atoms with Crippen LogP contribution in [0.4, 0.5) is 4.79 Å². The second kappa shape index (κ2) is 7.23. The predicted octanol–water partition coefficient (Wildman–Crippen LogP) is 1.22. The minimum absolute atomic E-state index is 0.127. The highest BCUT2D eigenvalue weighted by Crippen LogP contribution is 2.46. The van der Waals surface area contributed by atoms with Gasteiger partial charge in [-0.05, 0) is 25.4 Å². The molecule has 0 spiro atoms. The van der Waals surface area contributed by atoms with Crippen LogP contribution in [0.5, 0.6) is 0 Å². The third-order valence-corrected chi connectivity index (χ3v) is 6.01. The molecule has 0 aliphatic carbocycles. The van der Waals surface area contributed by atoms with Crippen molar-refractivity contribution in [3.05, 3.63) is 0 Å². The molecule has 3 N–H and O–H groups in total. The number of carbonyl (C=O) groups excluding carboxylic acids is 3. The number of β-lactam (4-membered cyclic amide) rings is 1. The highest BCUT2D eigenvalue weighted by Gasteiger charge is 2.57. The lowest BCUT2D eigenvalue weighted by molar-refractivity contribution is -0.153. The molecular weight excluding hydrogens is 336 g/mol. The maximum atomic E-state index is 12.2.